The Morgan fingerprint density at radius 2 is 2.08 bits per heavy atom. The number of aryl methyl sites for hydroxylation is 1. The van der Waals surface area contributed by atoms with Crippen molar-refractivity contribution in [3.63, 3.8) is 0 Å². The molecule has 1 N–H and O–H groups in total. The maximum absolute atomic E-state index is 11.8. The molecule has 0 bridgehead atoms. The van der Waals surface area contributed by atoms with Gasteiger partial charge in [0.25, 0.3) is 0 Å². The van der Waals surface area contributed by atoms with Crippen molar-refractivity contribution >= 4 is 17.7 Å². The number of nitrogens with zero attached hydrogens (tertiary/aromatic N) is 3. The standard InChI is InChI=1S/C17H22N4O2S/c1-3-21-15(10-23-14-8-4-12(2)5-9-14)19-20-17(21)24-11-16(22)18-13-6-7-13/h4-5,8-9,13H,3,6-7,10-11H2,1-2H3,(H,18,22). The minimum absolute atomic E-state index is 0.0607. The van der Waals surface area contributed by atoms with Gasteiger partial charge in [-0.05, 0) is 38.8 Å². The second-order valence-corrected chi connectivity index (χ2v) is 6.82. The van der Waals surface area contributed by atoms with E-state index in [1.54, 1.807) is 0 Å². The highest BCUT2D eigenvalue weighted by atomic mass is 32.2. The Morgan fingerprint density at radius 3 is 2.75 bits per heavy atom. The van der Waals surface area contributed by atoms with Gasteiger partial charge in [-0.15, -0.1) is 10.2 Å². The summed E-state index contributed by atoms with van der Waals surface area (Å²) in [5, 5.41) is 12.1. The van der Waals surface area contributed by atoms with Crippen LogP contribution in [0.3, 0.4) is 0 Å². The van der Waals surface area contributed by atoms with Crippen molar-refractivity contribution in [2.75, 3.05) is 5.75 Å². The Morgan fingerprint density at radius 1 is 1.33 bits per heavy atom. The van der Waals surface area contributed by atoms with E-state index in [0.29, 0.717) is 18.4 Å². The molecule has 0 radical (unpaired) electrons. The molecule has 0 unspecified atom stereocenters. The molecule has 128 valence electrons. The lowest BCUT2D eigenvalue weighted by Crippen LogP contribution is -2.27. The average Bonchev–Trinajstić information content (AvgIpc) is 3.30. The van der Waals surface area contributed by atoms with Crippen LogP contribution in [0.2, 0.25) is 0 Å². The zero-order chi connectivity index (χ0) is 16.9. The number of rotatable bonds is 8. The highest BCUT2D eigenvalue weighted by molar-refractivity contribution is 7.99. The molecule has 1 aromatic heterocycles. The Labute approximate surface area is 146 Å². The molecule has 3 rings (SSSR count). The summed E-state index contributed by atoms with van der Waals surface area (Å²) in [6, 6.07) is 8.31. The zero-order valence-electron chi connectivity index (χ0n) is 14.0. The Hall–Kier alpha value is -2.02. The first kappa shape index (κ1) is 16.8. The molecule has 24 heavy (non-hydrogen) atoms. The molecule has 1 saturated carbocycles. The van der Waals surface area contributed by atoms with Crippen molar-refractivity contribution in [3.05, 3.63) is 35.7 Å². The number of carbonyl (C=O) groups is 1. The molecule has 1 amide bonds. The van der Waals surface area contributed by atoms with E-state index in [0.717, 1.165) is 36.1 Å². The van der Waals surface area contributed by atoms with Gasteiger partial charge in [-0.3, -0.25) is 4.79 Å². The summed E-state index contributed by atoms with van der Waals surface area (Å²) in [5.41, 5.74) is 1.20. The lowest BCUT2D eigenvalue weighted by atomic mass is 10.2. The maximum Gasteiger partial charge on any atom is 0.230 e. The molecule has 1 aliphatic rings. The highest BCUT2D eigenvalue weighted by Crippen LogP contribution is 2.21. The van der Waals surface area contributed by atoms with Crippen LogP contribution in [0, 0.1) is 6.92 Å². The Kier molecular flexibility index (Phi) is 5.40. The van der Waals surface area contributed by atoms with E-state index in [2.05, 4.69) is 15.5 Å². The molecule has 6 nitrogen and oxygen atoms in total. The molecule has 0 spiro atoms. The molecule has 7 heteroatoms. The van der Waals surface area contributed by atoms with E-state index < -0.39 is 0 Å². The van der Waals surface area contributed by atoms with Crippen molar-refractivity contribution in [2.45, 2.75) is 51.0 Å². The van der Waals surface area contributed by atoms with Crippen LogP contribution >= 0.6 is 11.8 Å². The lowest BCUT2D eigenvalue weighted by Gasteiger charge is -2.09. The number of amides is 1. The fourth-order valence-corrected chi connectivity index (χ4v) is 3.09. The van der Waals surface area contributed by atoms with Crippen LogP contribution in [0.15, 0.2) is 29.4 Å². The van der Waals surface area contributed by atoms with Gasteiger partial charge in [0.2, 0.25) is 5.91 Å². The van der Waals surface area contributed by atoms with Gasteiger partial charge < -0.3 is 14.6 Å². The van der Waals surface area contributed by atoms with Gasteiger partial charge in [-0.1, -0.05) is 29.5 Å². The Bertz CT molecular complexity index is 695. The van der Waals surface area contributed by atoms with Crippen LogP contribution in [0.1, 0.15) is 31.2 Å². The van der Waals surface area contributed by atoms with Crippen LogP contribution in [0.4, 0.5) is 0 Å². The van der Waals surface area contributed by atoms with E-state index in [4.69, 9.17) is 4.74 Å². The summed E-state index contributed by atoms with van der Waals surface area (Å²) in [6.45, 7) is 5.18. The largest absolute Gasteiger partial charge is 0.486 e. The number of benzene rings is 1. The third-order valence-electron chi connectivity index (χ3n) is 3.77. The average molecular weight is 346 g/mol. The molecular weight excluding hydrogens is 324 g/mol. The smallest absolute Gasteiger partial charge is 0.230 e. The number of nitrogens with one attached hydrogen (secondary N) is 1. The lowest BCUT2D eigenvalue weighted by molar-refractivity contribution is -0.118. The minimum atomic E-state index is 0.0607. The second-order valence-electron chi connectivity index (χ2n) is 5.88. The molecule has 1 aromatic carbocycles. The summed E-state index contributed by atoms with van der Waals surface area (Å²) in [4.78, 5) is 11.8. The van der Waals surface area contributed by atoms with Crippen LogP contribution in [-0.4, -0.2) is 32.5 Å². The minimum Gasteiger partial charge on any atom is -0.486 e. The predicted octanol–water partition coefficient (Wildman–Crippen LogP) is 2.56. The normalized spacial score (nSPS) is 13.8. The first-order chi connectivity index (χ1) is 11.7. The number of aromatic nitrogens is 3. The van der Waals surface area contributed by atoms with Crippen LogP contribution < -0.4 is 10.1 Å². The van der Waals surface area contributed by atoms with E-state index in [1.807, 2.05) is 42.7 Å². The zero-order valence-corrected chi connectivity index (χ0v) is 14.8. The van der Waals surface area contributed by atoms with Crippen molar-refractivity contribution in [2.24, 2.45) is 0 Å². The van der Waals surface area contributed by atoms with E-state index >= 15 is 0 Å². The molecule has 1 aliphatic carbocycles. The quantitative estimate of drug-likeness (QED) is 0.744. The first-order valence-corrected chi connectivity index (χ1v) is 9.18. The number of hydrogen-bond donors (Lipinski definition) is 1. The molecule has 1 heterocycles. The van der Waals surface area contributed by atoms with Crippen LogP contribution in [0.5, 0.6) is 5.75 Å². The number of ether oxygens (including phenoxy) is 1. The summed E-state index contributed by atoms with van der Waals surface area (Å²) < 4.78 is 7.77. The molecule has 0 atom stereocenters. The first-order valence-electron chi connectivity index (χ1n) is 8.19. The second kappa shape index (κ2) is 7.70. The topological polar surface area (TPSA) is 69.0 Å². The third-order valence-corrected chi connectivity index (χ3v) is 4.74. The van der Waals surface area contributed by atoms with Gasteiger partial charge in [0.05, 0.1) is 5.75 Å². The van der Waals surface area contributed by atoms with Crippen molar-refractivity contribution in [3.8, 4) is 5.75 Å². The van der Waals surface area contributed by atoms with Crippen molar-refractivity contribution in [1.82, 2.24) is 20.1 Å². The molecule has 0 aliphatic heterocycles. The third kappa shape index (κ3) is 4.50. The van der Waals surface area contributed by atoms with Gasteiger partial charge in [-0.25, -0.2) is 0 Å². The fraction of sp³-hybridized carbons (Fsp3) is 0.471. The summed E-state index contributed by atoms with van der Waals surface area (Å²) in [7, 11) is 0. The number of hydrogen-bond acceptors (Lipinski definition) is 5. The van der Waals surface area contributed by atoms with Gasteiger partial charge in [0, 0.05) is 12.6 Å². The van der Waals surface area contributed by atoms with Gasteiger partial charge >= 0.3 is 0 Å². The summed E-state index contributed by atoms with van der Waals surface area (Å²) >= 11 is 1.42. The number of carbonyl (C=O) groups excluding carboxylic acids is 1. The van der Waals surface area contributed by atoms with Gasteiger partial charge in [0.1, 0.15) is 12.4 Å². The summed E-state index contributed by atoms with van der Waals surface area (Å²) in [6.07, 6.45) is 2.20. The Balaban J connectivity index is 1.56. The van der Waals surface area contributed by atoms with E-state index in [-0.39, 0.29) is 5.91 Å². The predicted molar refractivity (Wildman–Crippen MR) is 93.1 cm³/mol. The monoisotopic (exact) mass is 346 g/mol. The van der Waals surface area contributed by atoms with Gasteiger partial charge in [0.15, 0.2) is 11.0 Å². The molecule has 2 aromatic rings. The number of thioether (sulfide) groups is 1. The van der Waals surface area contributed by atoms with Crippen LogP contribution in [0.25, 0.3) is 0 Å². The molecule has 0 saturated heterocycles. The molecular formula is C17H22N4O2S. The van der Waals surface area contributed by atoms with Gasteiger partial charge in [-0.2, -0.15) is 0 Å². The highest BCUT2D eigenvalue weighted by Gasteiger charge is 2.23. The van der Waals surface area contributed by atoms with E-state index in [9.17, 15) is 4.79 Å². The fourth-order valence-electron chi connectivity index (χ4n) is 2.26. The maximum atomic E-state index is 11.8. The van der Waals surface area contributed by atoms with Crippen LogP contribution in [-0.2, 0) is 17.9 Å². The molecule has 1 fully saturated rings. The SMILES string of the molecule is CCn1c(COc2ccc(C)cc2)nnc1SCC(=O)NC1CC1. The summed E-state index contributed by atoms with van der Waals surface area (Å²) in [5.74, 6) is 2.01. The van der Waals surface area contributed by atoms with E-state index in [1.165, 1.54) is 17.3 Å². The van der Waals surface area contributed by atoms with Crippen molar-refractivity contribution < 1.29 is 9.53 Å². The van der Waals surface area contributed by atoms with Crippen molar-refractivity contribution in [1.29, 1.82) is 0 Å².